The summed E-state index contributed by atoms with van der Waals surface area (Å²) in [4.78, 5) is 26.2. The van der Waals surface area contributed by atoms with Crippen LogP contribution in [0.2, 0.25) is 0 Å². The fourth-order valence-corrected chi connectivity index (χ4v) is 4.72. The van der Waals surface area contributed by atoms with Crippen molar-refractivity contribution in [3.8, 4) is 17.2 Å². The maximum absolute atomic E-state index is 11.2. The van der Waals surface area contributed by atoms with Gasteiger partial charge in [-0.25, -0.2) is 4.98 Å². The molecule has 5 N–H and O–H groups in total. The van der Waals surface area contributed by atoms with Gasteiger partial charge in [0.05, 0.1) is 12.0 Å². The Bertz CT molecular complexity index is 928. The van der Waals surface area contributed by atoms with Crippen molar-refractivity contribution in [3.05, 3.63) is 40.1 Å². The maximum Gasteiger partial charge on any atom is 0.302 e. The normalized spacial score (nSPS) is 11.8. The van der Waals surface area contributed by atoms with E-state index in [1.54, 1.807) is 0 Å². The van der Waals surface area contributed by atoms with E-state index in [1.807, 2.05) is 6.92 Å². The average molecular weight is 455 g/mol. The second-order valence-electron chi connectivity index (χ2n) is 6.29. The summed E-state index contributed by atoms with van der Waals surface area (Å²) in [5, 5.41) is 35.2. The van der Waals surface area contributed by atoms with Crippen molar-refractivity contribution in [3.63, 3.8) is 0 Å². The number of methoxy groups -OCH3 is 1. The monoisotopic (exact) mass is 454 g/mol. The Morgan fingerprint density at radius 2 is 2.13 bits per heavy atom. The summed E-state index contributed by atoms with van der Waals surface area (Å²) in [5.74, 6) is -1.10. The number of ether oxygens (including phenoxy) is 1. The fraction of sp³-hybridized carbons (Fsp3) is 0.333. The highest BCUT2D eigenvalue weighted by Crippen LogP contribution is 2.48. The molecule has 0 aliphatic rings. The third kappa shape index (κ3) is 6.15. The SMILES string of the molecule is COc1cc(SSc2ncccc2[N+](=O)[O-])c(CN[C@H](C)CCC(N)=O)c(O)c1O. The standard InChI is InChI=1S/C18H22N4O6S2/c1-10(5-6-15(19)23)21-9-11-14(8-13(28-2)17(25)16(11)24)29-30-18-12(22(26)27)4-3-7-20-18/h3-4,7-8,10,21,24-25H,5-6,9H2,1-2H3,(H2,19,23)/t10-/m1/s1. The molecule has 1 atom stereocenters. The highest BCUT2D eigenvalue weighted by molar-refractivity contribution is 8.76. The van der Waals surface area contributed by atoms with Crippen molar-refractivity contribution < 1.29 is 24.7 Å². The lowest BCUT2D eigenvalue weighted by Gasteiger charge is -2.18. The Morgan fingerprint density at radius 3 is 2.77 bits per heavy atom. The number of primary amides is 1. The number of phenolic OH excluding ortho intramolecular Hbond substituents is 2. The molecule has 1 aromatic carbocycles. The van der Waals surface area contributed by atoms with Crippen LogP contribution in [0.5, 0.6) is 17.2 Å². The molecule has 30 heavy (non-hydrogen) atoms. The van der Waals surface area contributed by atoms with Gasteiger partial charge in [0.2, 0.25) is 11.7 Å². The van der Waals surface area contributed by atoms with E-state index in [-0.39, 0.29) is 41.2 Å². The van der Waals surface area contributed by atoms with E-state index in [9.17, 15) is 25.1 Å². The number of hydrogen-bond acceptors (Lipinski definition) is 10. The van der Waals surface area contributed by atoms with Crippen molar-refractivity contribution in [1.29, 1.82) is 0 Å². The number of hydrogen-bond donors (Lipinski definition) is 4. The minimum absolute atomic E-state index is 0.0663. The molecule has 0 aliphatic heterocycles. The van der Waals surface area contributed by atoms with E-state index in [0.29, 0.717) is 16.9 Å². The minimum atomic E-state index is -0.520. The van der Waals surface area contributed by atoms with Crippen LogP contribution >= 0.6 is 21.6 Å². The number of rotatable bonds is 11. The first-order valence-corrected chi connectivity index (χ1v) is 11.0. The predicted octanol–water partition coefficient (Wildman–Crippen LogP) is 2.95. The Morgan fingerprint density at radius 1 is 1.40 bits per heavy atom. The summed E-state index contributed by atoms with van der Waals surface area (Å²) >= 11 is 0. The molecule has 1 aromatic heterocycles. The van der Waals surface area contributed by atoms with Crippen molar-refractivity contribution in [2.75, 3.05) is 7.11 Å². The van der Waals surface area contributed by atoms with Crippen LogP contribution in [0.4, 0.5) is 5.69 Å². The number of pyridine rings is 1. The van der Waals surface area contributed by atoms with E-state index < -0.39 is 16.6 Å². The number of phenols is 2. The van der Waals surface area contributed by atoms with Gasteiger partial charge in [0, 0.05) is 41.7 Å². The first-order chi connectivity index (χ1) is 14.2. The molecule has 1 amide bonds. The van der Waals surface area contributed by atoms with Gasteiger partial charge in [0.1, 0.15) is 0 Å². The summed E-state index contributed by atoms with van der Waals surface area (Å²) in [7, 11) is 3.54. The second-order valence-corrected chi connectivity index (χ2v) is 8.45. The Labute approximate surface area is 180 Å². The fourth-order valence-electron chi connectivity index (χ4n) is 2.46. The van der Waals surface area contributed by atoms with Gasteiger partial charge in [0.15, 0.2) is 16.5 Å². The van der Waals surface area contributed by atoms with Crippen molar-refractivity contribution >= 4 is 33.2 Å². The maximum atomic E-state index is 11.2. The van der Waals surface area contributed by atoms with Crippen LogP contribution in [-0.2, 0) is 11.3 Å². The number of nitrogens with zero attached hydrogens (tertiary/aromatic N) is 2. The van der Waals surface area contributed by atoms with Crippen LogP contribution in [0.3, 0.4) is 0 Å². The number of carbonyl (C=O) groups is 1. The first-order valence-electron chi connectivity index (χ1n) is 8.82. The van der Waals surface area contributed by atoms with Crippen LogP contribution < -0.4 is 15.8 Å². The van der Waals surface area contributed by atoms with Gasteiger partial charge in [-0.2, -0.15) is 0 Å². The van der Waals surface area contributed by atoms with E-state index in [4.69, 9.17) is 10.5 Å². The molecule has 12 heteroatoms. The van der Waals surface area contributed by atoms with Gasteiger partial charge in [-0.1, -0.05) is 10.8 Å². The number of nitrogens with two attached hydrogens (primary N) is 1. The lowest BCUT2D eigenvalue weighted by Crippen LogP contribution is -2.27. The van der Waals surface area contributed by atoms with Gasteiger partial charge in [-0.3, -0.25) is 14.9 Å². The molecule has 162 valence electrons. The summed E-state index contributed by atoms with van der Waals surface area (Å²) in [6.45, 7) is 2.04. The zero-order valence-corrected chi connectivity index (χ0v) is 18.0. The highest BCUT2D eigenvalue weighted by atomic mass is 33.1. The largest absolute Gasteiger partial charge is 0.504 e. The molecule has 0 unspecified atom stereocenters. The van der Waals surface area contributed by atoms with Crippen LogP contribution in [0.25, 0.3) is 0 Å². The molecular formula is C18H22N4O6S2. The predicted molar refractivity (Wildman–Crippen MR) is 114 cm³/mol. The topological polar surface area (TPSA) is 161 Å². The quantitative estimate of drug-likeness (QED) is 0.172. The van der Waals surface area contributed by atoms with Crippen molar-refractivity contribution in [2.45, 2.75) is 42.3 Å². The molecule has 0 fully saturated rings. The van der Waals surface area contributed by atoms with E-state index >= 15 is 0 Å². The molecule has 0 bridgehead atoms. The first kappa shape index (κ1) is 23.6. The molecule has 0 radical (unpaired) electrons. The van der Waals surface area contributed by atoms with Gasteiger partial charge in [0.25, 0.3) is 0 Å². The lowest BCUT2D eigenvalue weighted by molar-refractivity contribution is -0.388. The second kappa shape index (κ2) is 10.9. The van der Waals surface area contributed by atoms with Crippen LogP contribution in [0.1, 0.15) is 25.3 Å². The molecule has 0 saturated heterocycles. The number of nitrogens with one attached hydrogen (secondary N) is 1. The van der Waals surface area contributed by atoms with Gasteiger partial charge in [-0.05, 0) is 36.3 Å². The molecule has 1 heterocycles. The molecule has 10 nitrogen and oxygen atoms in total. The van der Waals surface area contributed by atoms with E-state index in [0.717, 1.165) is 21.6 Å². The lowest BCUT2D eigenvalue weighted by atomic mass is 10.1. The molecule has 2 rings (SSSR count). The third-order valence-corrected chi connectivity index (χ3v) is 6.49. The van der Waals surface area contributed by atoms with Gasteiger partial charge >= 0.3 is 5.69 Å². The van der Waals surface area contributed by atoms with Gasteiger partial charge < -0.3 is 26.0 Å². The number of benzene rings is 1. The summed E-state index contributed by atoms with van der Waals surface area (Å²) < 4.78 is 5.10. The van der Waals surface area contributed by atoms with Crippen LogP contribution in [0.15, 0.2) is 34.3 Å². The third-order valence-electron chi connectivity index (χ3n) is 4.13. The number of aromatic nitrogens is 1. The zero-order chi connectivity index (χ0) is 22.3. The Kier molecular flexibility index (Phi) is 8.57. The average Bonchev–Trinajstić information content (AvgIpc) is 2.72. The van der Waals surface area contributed by atoms with Gasteiger partial charge in [-0.15, -0.1) is 0 Å². The molecular weight excluding hydrogens is 432 g/mol. The van der Waals surface area contributed by atoms with Crippen molar-refractivity contribution in [1.82, 2.24) is 10.3 Å². The zero-order valence-electron chi connectivity index (χ0n) is 16.3. The van der Waals surface area contributed by atoms with Crippen LogP contribution in [0, 0.1) is 10.1 Å². The van der Waals surface area contributed by atoms with Crippen LogP contribution in [-0.4, -0.2) is 39.2 Å². The Balaban J connectivity index is 2.26. The van der Waals surface area contributed by atoms with E-state index in [1.165, 1.54) is 31.5 Å². The van der Waals surface area contributed by atoms with E-state index in [2.05, 4.69) is 10.3 Å². The highest BCUT2D eigenvalue weighted by Gasteiger charge is 2.21. The molecule has 0 saturated carbocycles. The number of amides is 1. The molecule has 0 spiro atoms. The summed E-state index contributed by atoms with van der Waals surface area (Å²) in [5.41, 5.74) is 5.41. The van der Waals surface area contributed by atoms with Crippen molar-refractivity contribution in [2.24, 2.45) is 5.73 Å². The summed E-state index contributed by atoms with van der Waals surface area (Å²) in [6, 6.07) is 4.29. The molecule has 0 aliphatic carbocycles. The minimum Gasteiger partial charge on any atom is -0.504 e. The summed E-state index contributed by atoms with van der Waals surface area (Å²) in [6.07, 6.45) is 2.18. The number of aromatic hydroxyl groups is 2. The number of nitro groups is 1. The Hall–Kier alpha value is -2.70. The molecule has 2 aromatic rings. The smallest absolute Gasteiger partial charge is 0.302 e. The number of carbonyl (C=O) groups excluding carboxylic acids is 1.